The van der Waals surface area contributed by atoms with Gasteiger partial charge in [0.25, 0.3) is 5.56 Å². The molecule has 0 amide bonds. The summed E-state index contributed by atoms with van der Waals surface area (Å²) in [6, 6.07) is 3.58. The fraction of sp³-hybridized carbons (Fsp3) is 0.385. The molecular formula is C13H15ClN2O2S. The lowest BCUT2D eigenvalue weighted by Crippen LogP contribution is -2.41. The molecular weight excluding hydrogens is 284 g/mol. The van der Waals surface area contributed by atoms with E-state index in [-0.39, 0.29) is 22.7 Å². The number of H-pyrrole nitrogens is 1. The Morgan fingerprint density at radius 3 is 2.58 bits per heavy atom. The van der Waals surface area contributed by atoms with Crippen LogP contribution in [0.3, 0.4) is 0 Å². The van der Waals surface area contributed by atoms with E-state index in [1.165, 1.54) is 15.9 Å². The lowest BCUT2D eigenvalue weighted by molar-refractivity contribution is 0.416. The van der Waals surface area contributed by atoms with E-state index in [2.05, 4.69) is 4.98 Å². The monoisotopic (exact) mass is 298 g/mol. The zero-order valence-corrected chi connectivity index (χ0v) is 12.5. The number of nitrogens with zero attached hydrogens (tertiary/aromatic N) is 1. The fourth-order valence-corrected chi connectivity index (χ4v) is 3.23. The molecule has 0 aromatic carbocycles. The van der Waals surface area contributed by atoms with E-state index < -0.39 is 5.69 Å². The summed E-state index contributed by atoms with van der Waals surface area (Å²) in [5.41, 5.74) is -0.433. The highest BCUT2D eigenvalue weighted by Crippen LogP contribution is 2.28. The summed E-state index contributed by atoms with van der Waals surface area (Å²) in [5, 5.41) is 2.05. The standard InChI is InChI=1S/C13H15ClN2O2S/c1-7(2)10(9-5-4-6-19-9)16-12(17)8(3)11(14)15-13(16)18/h4-7,10H,1-3H3,(H,15,18). The van der Waals surface area contributed by atoms with Gasteiger partial charge in [0.1, 0.15) is 5.15 Å². The second-order valence-corrected chi connectivity index (χ2v) is 6.11. The van der Waals surface area contributed by atoms with Crippen molar-refractivity contribution < 1.29 is 0 Å². The van der Waals surface area contributed by atoms with Gasteiger partial charge in [-0.3, -0.25) is 14.3 Å². The van der Waals surface area contributed by atoms with Crippen LogP contribution < -0.4 is 11.2 Å². The van der Waals surface area contributed by atoms with Gasteiger partial charge in [0, 0.05) is 10.4 Å². The Labute approximate surface area is 119 Å². The number of aromatic nitrogens is 2. The number of nitrogens with one attached hydrogen (secondary N) is 1. The van der Waals surface area contributed by atoms with Crippen LogP contribution in [0.5, 0.6) is 0 Å². The molecule has 4 nitrogen and oxygen atoms in total. The largest absolute Gasteiger partial charge is 0.330 e. The predicted octanol–water partition coefficient (Wildman–Crippen LogP) is 2.81. The van der Waals surface area contributed by atoms with Gasteiger partial charge >= 0.3 is 5.69 Å². The van der Waals surface area contributed by atoms with Crippen LogP contribution in [-0.4, -0.2) is 9.55 Å². The number of rotatable bonds is 3. The molecule has 1 N–H and O–H groups in total. The topological polar surface area (TPSA) is 54.9 Å². The number of hydrogen-bond acceptors (Lipinski definition) is 3. The SMILES string of the molecule is Cc1c(Cl)[nH]c(=O)n(C(c2cccs2)C(C)C)c1=O. The van der Waals surface area contributed by atoms with Crippen molar-refractivity contribution in [2.45, 2.75) is 26.8 Å². The third-order valence-corrected chi connectivity index (χ3v) is 4.37. The van der Waals surface area contributed by atoms with Crippen molar-refractivity contribution in [1.82, 2.24) is 9.55 Å². The minimum atomic E-state index is -0.465. The van der Waals surface area contributed by atoms with Crippen LogP contribution >= 0.6 is 22.9 Å². The molecule has 0 aliphatic rings. The molecule has 2 heterocycles. The Bertz CT molecular complexity index is 686. The Morgan fingerprint density at radius 1 is 1.37 bits per heavy atom. The summed E-state index contributed by atoms with van der Waals surface area (Å²) in [6.45, 7) is 5.59. The zero-order valence-electron chi connectivity index (χ0n) is 10.9. The first kappa shape index (κ1) is 14.1. The number of hydrogen-bond donors (Lipinski definition) is 1. The first-order chi connectivity index (χ1) is 8.93. The van der Waals surface area contributed by atoms with Gasteiger partial charge in [-0.15, -0.1) is 11.3 Å². The normalized spacial score (nSPS) is 12.9. The predicted molar refractivity (Wildman–Crippen MR) is 78.4 cm³/mol. The molecule has 0 spiro atoms. The second kappa shape index (κ2) is 5.35. The van der Waals surface area contributed by atoms with Crippen LogP contribution in [0.25, 0.3) is 0 Å². The van der Waals surface area contributed by atoms with Gasteiger partial charge in [-0.25, -0.2) is 4.79 Å². The molecule has 0 fully saturated rings. The highest BCUT2D eigenvalue weighted by molar-refractivity contribution is 7.10. The van der Waals surface area contributed by atoms with Crippen LogP contribution in [0.15, 0.2) is 27.1 Å². The van der Waals surface area contributed by atoms with Gasteiger partial charge in [0.05, 0.1) is 6.04 Å². The van der Waals surface area contributed by atoms with Crippen molar-refractivity contribution in [2.75, 3.05) is 0 Å². The average molecular weight is 299 g/mol. The maximum atomic E-state index is 12.3. The third kappa shape index (κ3) is 2.53. The molecule has 102 valence electrons. The van der Waals surface area contributed by atoms with Gasteiger partial charge in [0.2, 0.25) is 0 Å². The first-order valence-corrected chi connectivity index (χ1v) is 7.23. The summed E-state index contributed by atoms with van der Waals surface area (Å²) < 4.78 is 1.26. The van der Waals surface area contributed by atoms with E-state index in [0.717, 1.165) is 4.88 Å². The van der Waals surface area contributed by atoms with Crippen molar-refractivity contribution >= 4 is 22.9 Å². The lowest BCUT2D eigenvalue weighted by Gasteiger charge is -2.21. The molecule has 0 saturated carbocycles. The molecule has 2 rings (SSSR count). The molecule has 0 saturated heterocycles. The highest BCUT2D eigenvalue weighted by atomic mass is 35.5. The average Bonchev–Trinajstić information content (AvgIpc) is 2.84. The molecule has 0 aliphatic carbocycles. The summed E-state index contributed by atoms with van der Waals surface area (Å²) in [5.74, 6) is 0.123. The molecule has 19 heavy (non-hydrogen) atoms. The molecule has 2 aromatic heterocycles. The zero-order chi connectivity index (χ0) is 14.2. The summed E-state index contributed by atoms with van der Waals surface area (Å²) in [7, 11) is 0. The third-order valence-electron chi connectivity index (χ3n) is 3.05. The van der Waals surface area contributed by atoms with E-state index in [4.69, 9.17) is 11.6 Å². The first-order valence-electron chi connectivity index (χ1n) is 5.97. The summed E-state index contributed by atoms with van der Waals surface area (Å²) in [6.07, 6.45) is 0. The molecule has 1 atom stereocenters. The van der Waals surface area contributed by atoms with Crippen molar-refractivity contribution in [3.05, 3.63) is 53.9 Å². The van der Waals surface area contributed by atoms with Crippen LogP contribution in [0.4, 0.5) is 0 Å². The minimum Gasteiger partial charge on any atom is -0.297 e. The molecule has 0 bridgehead atoms. The quantitative estimate of drug-likeness (QED) is 0.886. The Morgan fingerprint density at radius 2 is 2.05 bits per heavy atom. The number of thiophene rings is 1. The molecule has 1 unspecified atom stereocenters. The van der Waals surface area contributed by atoms with Crippen molar-refractivity contribution in [3.8, 4) is 0 Å². The number of halogens is 1. The van der Waals surface area contributed by atoms with E-state index in [1.807, 2.05) is 31.4 Å². The molecule has 0 aliphatic heterocycles. The van der Waals surface area contributed by atoms with Gasteiger partial charge in [-0.2, -0.15) is 0 Å². The molecule has 2 aromatic rings. The van der Waals surface area contributed by atoms with Crippen LogP contribution in [0.1, 0.15) is 30.3 Å². The maximum absolute atomic E-state index is 12.3. The highest BCUT2D eigenvalue weighted by Gasteiger charge is 2.23. The Hall–Kier alpha value is -1.33. The fourth-order valence-electron chi connectivity index (χ4n) is 2.08. The summed E-state index contributed by atoms with van der Waals surface area (Å²) in [4.78, 5) is 27.9. The minimum absolute atomic E-state index is 0.111. The van der Waals surface area contributed by atoms with Crippen LogP contribution in [0, 0.1) is 12.8 Å². The molecule has 0 radical (unpaired) electrons. The van der Waals surface area contributed by atoms with Gasteiger partial charge < -0.3 is 0 Å². The van der Waals surface area contributed by atoms with Crippen molar-refractivity contribution in [2.24, 2.45) is 5.92 Å². The summed E-state index contributed by atoms with van der Waals surface area (Å²) >= 11 is 7.37. The maximum Gasteiger partial charge on any atom is 0.330 e. The van der Waals surface area contributed by atoms with Gasteiger partial charge in [-0.1, -0.05) is 31.5 Å². The van der Waals surface area contributed by atoms with E-state index in [1.54, 1.807) is 6.92 Å². The van der Waals surface area contributed by atoms with Gasteiger partial charge in [0.15, 0.2) is 0 Å². The smallest absolute Gasteiger partial charge is 0.297 e. The van der Waals surface area contributed by atoms with Gasteiger partial charge in [-0.05, 0) is 24.3 Å². The molecule has 6 heteroatoms. The van der Waals surface area contributed by atoms with Crippen LogP contribution in [-0.2, 0) is 0 Å². The number of aromatic amines is 1. The Balaban J connectivity index is 2.72. The van der Waals surface area contributed by atoms with Crippen molar-refractivity contribution in [3.63, 3.8) is 0 Å². The van der Waals surface area contributed by atoms with E-state index in [9.17, 15) is 9.59 Å². The lowest BCUT2D eigenvalue weighted by atomic mass is 10.0. The van der Waals surface area contributed by atoms with E-state index >= 15 is 0 Å². The van der Waals surface area contributed by atoms with Crippen molar-refractivity contribution in [1.29, 1.82) is 0 Å². The van der Waals surface area contributed by atoms with Crippen LogP contribution in [0.2, 0.25) is 5.15 Å². The van der Waals surface area contributed by atoms with E-state index in [0.29, 0.717) is 5.56 Å². The Kier molecular flexibility index (Phi) is 3.96. The second-order valence-electron chi connectivity index (χ2n) is 4.75.